The van der Waals surface area contributed by atoms with Crippen LogP contribution in [-0.4, -0.2) is 51.1 Å². The Balaban J connectivity index is 1.75. The predicted molar refractivity (Wildman–Crippen MR) is 85.7 cm³/mol. The molecule has 0 aromatic heterocycles. The summed E-state index contributed by atoms with van der Waals surface area (Å²) in [6, 6.07) is 4.60. The van der Waals surface area contributed by atoms with Crippen LogP contribution in [0.25, 0.3) is 0 Å². The highest BCUT2D eigenvalue weighted by molar-refractivity contribution is 8.24. The minimum atomic E-state index is -2.49. The van der Waals surface area contributed by atoms with Crippen LogP contribution in [0.3, 0.4) is 0 Å². The van der Waals surface area contributed by atoms with Gasteiger partial charge in [-0.2, -0.15) is 10.6 Å². The number of aliphatic hydroxyl groups excluding tert-OH is 1. The quantitative estimate of drug-likeness (QED) is 0.784. The van der Waals surface area contributed by atoms with E-state index >= 15 is 0 Å². The van der Waals surface area contributed by atoms with Crippen LogP contribution in [0, 0.1) is 5.82 Å². The fourth-order valence-electron chi connectivity index (χ4n) is 3.06. The molecule has 0 spiro atoms. The van der Waals surface area contributed by atoms with Crippen LogP contribution < -0.4 is 4.90 Å². The highest BCUT2D eigenvalue weighted by Crippen LogP contribution is 2.48. The molecule has 1 amide bonds. The Morgan fingerprint density at radius 2 is 2.00 bits per heavy atom. The monoisotopic (exact) mass is 345 g/mol. The number of halogens is 1. The van der Waals surface area contributed by atoms with Gasteiger partial charge in [-0.15, -0.1) is 0 Å². The second-order valence-electron chi connectivity index (χ2n) is 5.99. The third kappa shape index (κ3) is 3.45. The number of carbonyl (C=O) groups is 1. The fourth-order valence-corrected chi connectivity index (χ4v) is 4.59. The molecule has 0 bridgehead atoms. The molecule has 6 nitrogen and oxygen atoms in total. The van der Waals surface area contributed by atoms with Crippen LogP contribution in [-0.2, 0) is 4.74 Å². The minimum Gasteiger partial charge on any atom is -0.441 e. The maximum Gasteiger partial charge on any atom is 0.414 e. The Kier molecular flexibility index (Phi) is 4.50. The lowest BCUT2D eigenvalue weighted by Gasteiger charge is -2.39. The molecule has 3 N–H and O–H groups in total. The molecule has 0 saturated carbocycles. The zero-order valence-electron chi connectivity index (χ0n) is 12.5. The van der Waals surface area contributed by atoms with Crippen molar-refractivity contribution >= 4 is 22.4 Å². The number of hydrogen-bond acceptors (Lipinski definition) is 5. The molecule has 0 radical (unpaired) electrons. The van der Waals surface area contributed by atoms with Crippen LogP contribution in [0.15, 0.2) is 18.2 Å². The van der Waals surface area contributed by atoms with E-state index in [9.17, 15) is 18.3 Å². The number of aliphatic hydroxyl groups is 1. The van der Waals surface area contributed by atoms with E-state index in [-0.39, 0.29) is 19.1 Å². The van der Waals surface area contributed by atoms with Crippen molar-refractivity contribution in [3.8, 4) is 0 Å². The van der Waals surface area contributed by atoms with Gasteiger partial charge in [0.25, 0.3) is 0 Å². The molecule has 8 heteroatoms. The van der Waals surface area contributed by atoms with Crippen molar-refractivity contribution in [2.24, 2.45) is 0 Å². The van der Waals surface area contributed by atoms with Gasteiger partial charge in [0.1, 0.15) is 11.9 Å². The normalized spacial score (nSPS) is 26.2. The van der Waals surface area contributed by atoms with E-state index in [1.165, 1.54) is 11.0 Å². The molecule has 0 unspecified atom stereocenters. The fraction of sp³-hybridized carbons (Fsp3) is 0.533. The molecule has 2 fully saturated rings. The zero-order valence-corrected chi connectivity index (χ0v) is 13.3. The summed E-state index contributed by atoms with van der Waals surface area (Å²) < 4.78 is 38.7. The Morgan fingerprint density at radius 1 is 1.30 bits per heavy atom. The number of carbonyl (C=O) groups excluding carboxylic acids is 1. The van der Waals surface area contributed by atoms with E-state index in [0.29, 0.717) is 35.6 Å². The van der Waals surface area contributed by atoms with Gasteiger partial charge in [-0.1, -0.05) is 6.07 Å². The van der Waals surface area contributed by atoms with E-state index in [2.05, 4.69) is 0 Å². The van der Waals surface area contributed by atoms with Gasteiger partial charge in [0.2, 0.25) is 0 Å². The second-order valence-corrected chi connectivity index (χ2v) is 8.41. The summed E-state index contributed by atoms with van der Waals surface area (Å²) in [5.41, 5.74) is 0.933. The molecule has 1 atom stereocenters. The summed E-state index contributed by atoms with van der Waals surface area (Å²) in [6.07, 6.45) is -0.106. The molecule has 2 saturated heterocycles. The first kappa shape index (κ1) is 16.5. The first-order valence-corrected chi connectivity index (χ1v) is 9.40. The van der Waals surface area contributed by atoms with Gasteiger partial charge >= 0.3 is 6.09 Å². The van der Waals surface area contributed by atoms with Crippen molar-refractivity contribution in [1.29, 1.82) is 0 Å². The van der Waals surface area contributed by atoms with Gasteiger partial charge in [-0.25, -0.2) is 9.18 Å². The van der Waals surface area contributed by atoms with E-state index < -0.39 is 28.6 Å². The molecule has 2 aliphatic heterocycles. The van der Waals surface area contributed by atoms with Gasteiger partial charge in [0.05, 0.1) is 18.8 Å². The lowest BCUT2D eigenvalue weighted by atomic mass is 9.93. The molecule has 3 rings (SSSR count). The number of rotatable bonds is 3. The smallest absolute Gasteiger partial charge is 0.414 e. The summed E-state index contributed by atoms with van der Waals surface area (Å²) in [7, 11) is -2.49. The molecule has 0 aliphatic carbocycles. The molecule has 1 aromatic carbocycles. The van der Waals surface area contributed by atoms with E-state index in [1.807, 2.05) is 0 Å². The van der Waals surface area contributed by atoms with Crippen molar-refractivity contribution in [2.45, 2.75) is 24.9 Å². The van der Waals surface area contributed by atoms with Crippen molar-refractivity contribution in [3.05, 3.63) is 29.6 Å². The summed E-state index contributed by atoms with van der Waals surface area (Å²) >= 11 is 0. The first-order valence-electron chi connectivity index (χ1n) is 7.51. The molecule has 1 aromatic rings. The van der Waals surface area contributed by atoms with E-state index in [4.69, 9.17) is 9.84 Å². The van der Waals surface area contributed by atoms with Crippen LogP contribution in [0.1, 0.15) is 24.3 Å². The first-order chi connectivity index (χ1) is 10.9. The van der Waals surface area contributed by atoms with Gasteiger partial charge in [0, 0.05) is 11.5 Å². The number of benzene rings is 1. The zero-order chi connectivity index (χ0) is 16.6. The standard InChI is InChI=1S/C15H20FNO5S/c16-14-7-11(17-8-12(9-18)22-15(17)19)1-2-13(14)10-3-5-23(20,21)6-4-10/h1-2,7,10,12,18,20-21H,3-6,8-9H2/t12-/m1/s1. The van der Waals surface area contributed by atoms with Crippen molar-refractivity contribution < 1.29 is 28.1 Å². The SMILES string of the molecule is O=C1O[C@@H](CO)CN1c1ccc(C2CCS(O)(O)CC2)c(F)c1. The molecule has 128 valence electrons. The van der Waals surface area contributed by atoms with Gasteiger partial charge in [0.15, 0.2) is 0 Å². The Hall–Kier alpha value is -1.35. The topological polar surface area (TPSA) is 90.2 Å². The highest BCUT2D eigenvalue weighted by Gasteiger charge is 2.33. The number of nitrogens with zero attached hydrogens (tertiary/aromatic N) is 1. The lowest BCUT2D eigenvalue weighted by molar-refractivity contribution is 0.0963. The Labute approximate surface area is 135 Å². The maximum absolute atomic E-state index is 14.4. The Bertz CT molecular complexity index is 602. The molecular weight excluding hydrogens is 325 g/mol. The lowest BCUT2D eigenvalue weighted by Crippen LogP contribution is -2.25. The third-order valence-electron chi connectivity index (χ3n) is 4.40. The highest BCUT2D eigenvalue weighted by atomic mass is 32.3. The number of anilines is 1. The van der Waals surface area contributed by atoms with Crippen molar-refractivity contribution in [2.75, 3.05) is 29.6 Å². The van der Waals surface area contributed by atoms with E-state index in [1.54, 1.807) is 12.1 Å². The molecule has 2 heterocycles. The minimum absolute atomic E-state index is 0.0419. The third-order valence-corrected chi connectivity index (χ3v) is 6.18. The van der Waals surface area contributed by atoms with Crippen LogP contribution in [0.5, 0.6) is 0 Å². The second kappa shape index (κ2) is 6.27. The summed E-state index contributed by atoms with van der Waals surface area (Å²) in [6.45, 7) is -0.0737. The largest absolute Gasteiger partial charge is 0.441 e. The van der Waals surface area contributed by atoms with E-state index in [0.717, 1.165) is 0 Å². The summed E-state index contributed by atoms with van der Waals surface area (Å²) in [4.78, 5) is 13.0. The number of ether oxygens (including phenoxy) is 1. The van der Waals surface area contributed by atoms with Crippen molar-refractivity contribution in [1.82, 2.24) is 0 Å². The molecule has 2 aliphatic rings. The number of amides is 1. The summed E-state index contributed by atoms with van der Waals surface area (Å²) in [5.74, 6) is 0.149. The van der Waals surface area contributed by atoms with Gasteiger partial charge in [-0.05, 0) is 36.5 Å². The summed E-state index contributed by atoms with van der Waals surface area (Å²) in [5, 5.41) is 9.04. The van der Waals surface area contributed by atoms with Crippen LogP contribution in [0.4, 0.5) is 14.9 Å². The van der Waals surface area contributed by atoms with Crippen LogP contribution in [0.2, 0.25) is 0 Å². The van der Waals surface area contributed by atoms with Crippen LogP contribution >= 0.6 is 10.6 Å². The molecular formula is C15H20FNO5S. The average Bonchev–Trinajstić information content (AvgIpc) is 2.89. The average molecular weight is 345 g/mol. The van der Waals surface area contributed by atoms with Crippen molar-refractivity contribution in [3.63, 3.8) is 0 Å². The van der Waals surface area contributed by atoms with Gasteiger partial charge < -0.3 is 9.84 Å². The van der Waals surface area contributed by atoms with Gasteiger partial charge in [-0.3, -0.25) is 14.0 Å². The Morgan fingerprint density at radius 3 is 2.57 bits per heavy atom. The number of hydrogen-bond donors (Lipinski definition) is 3. The maximum atomic E-state index is 14.4. The predicted octanol–water partition coefficient (Wildman–Crippen LogP) is 2.77. The molecule has 23 heavy (non-hydrogen) atoms. The number of cyclic esters (lactones) is 1.